The molecule has 0 spiro atoms. The summed E-state index contributed by atoms with van der Waals surface area (Å²) in [6, 6.07) is 0. The first kappa shape index (κ1) is 12.6. The van der Waals surface area contributed by atoms with E-state index in [1.54, 1.807) is 0 Å². The van der Waals surface area contributed by atoms with Crippen LogP contribution >= 0.6 is 0 Å². The molecule has 2 aliphatic carbocycles. The van der Waals surface area contributed by atoms with Crippen molar-refractivity contribution in [2.75, 3.05) is 27.4 Å². The zero-order valence-corrected chi connectivity index (χ0v) is 10.8. The van der Waals surface area contributed by atoms with E-state index in [2.05, 4.69) is 0 Å². The van der Waals surface area contributed by atoms with Crippen molar-refractivity contribution in [2.24, 2.45) is 23.2 Å². The van der Waals surface area contributed by atoms with Crippen LogP contribution in [0.25, 0.3) is 0 Å². The van der Waals surface area contributed by atoms with Gasteiger partial charge in [0.15, 0.2) is 5.60 Å². The molecule has 3 rings (SSSR count). The van der Waals surface area contributed by atoms with Crippen molar-refractivity contribution in [3.8, 4) is 0 Å². The van der Waals surface area contributed by atoms with Gasteiger partial charge in [0.1, 0.15) is 5.92 Å². The summed E-state index contributed by atoms with van der Waals surface area (Å²) in [5, 5.41) is 9.74. The molecule has 3 aliphatic rings. The van der Waals surface area contributed by atoms with Crippen molar-refractivity contribution in [3.63, 3.8) is 0 Å². The summed E-state index contributed by atoms with van der Waals surface area (Å²) in [6.45, 7) is 0.107. The highest BCUT2D eigenvalue weighted by molar-refractivity contribution is 5.91. The Morgan fingerprint density at radius 2 is 2.11 bits per heavy atom. The predicted molar refractivity (Wildman–Crippen MR) is 61.8 cm³/mol. The van der Waals surface area contributed by atoms with E-state index < -0.39 is 28.9 Å². The number of carbonyl (C=O) groups is 2. The van der Waals surface area contributed by atoms with Crippen molar-refractivity contribution < 1.29 is 28.9 Å². The van der Waals surface area contributed by atoms with Crippen LogP contribution in [0.5, 0.6) is 0 Å². The monoisotopic (exact) mass is 268 g/mol. The van der Waals surface area contributed by atoms with E-state index in [0.29, 0.717) is 0 Å². The highest BCUT2D eigenvalue weighted by Crippen LogP contribution is 2.68. The molecule has 4 bridgehead atoms. The molecule has 0 aromatic heterocycles. The van der Waals surface area contributed by atoms with Gasteiger partial charge in [-0.05, 0) is 0 Å². The first-order valence-corrected chi connectivity index (χ1v) is 6.18. The van der Waals surface area contributed by atoms with Crippen molar-refractivity contribution in [3.05, 3.63) is 12.2 Å². The molecule has 0 aromatic carbocycles. The summed E-state index contributed by atoms with van der Waals surface area (Å²) < 4.78 is 15.3. The number of aliphatic hydroxyl groups excluding tert-OH is 1. The smallest absolute Gasteiger partial charge is 0.339 e. The minimum absolute atomic E-state index is 0.137. The number of rotatable bonds is 3. The van der Waals surface area contributed by atoms with Gasteiger partial charge in [-0.3, -0.25) is 4.79 Å². The topological polar surface area (TPSA) is 82.1 Å². The SMILES string of the molecule is COC(=O)[C@H]1[C@@H]2C=C[C@H]3[C@]2(CO)CO[C@@]13C(=O)OC. The van der Waals surface area contributed by atoms with Gasteiger partial charge in [0.2, 0.25) is 0 Å². The van der Waals surface area contributed by atoms with Crippen LogP contribution in [-0.2, 0) is 23.8 Å². The van der Waals surface area contributed by atoms with Crippen molar-refractivity contribution >= 4 is 11.9 Å². The average Bonchev–Trinajstić information content (AvgIpc) is 3.05. The number of ether oxygens (including phenoxy) is 3. The molecule has 1 saturated carbocycles. The largest absolute Gasteiger partial charge is 0.469 e. The fourth-order valence-electron chi connectivity index (χ4n) is 4.08. The van der Waals surface area contributed by atoms with Crippen molar-refractivity contribution in [1.82, 2.24) is 0 Å². The summed E-state index contributed by atoms with van der Waals surface area (Å²) in [7, 11) is 2.55. The summed E-state index contributed by atoms with van der Waals surface area (Å²) in [6.07, 6.45) is 3.73. The Hall–Kier alpha value is -1.40. The molecule has 6 heteroatoms. The Balaban J connectivity index is 2.13. The quantitative estimate of drug-likeness (QED) is 0.549. The van der Waals surface area contributed by atoms with Gasteiger partial charge in [-0.15, -0.1) is 0 Å². The summed E-state index contributed by atoms with van der Waals surface area (Å²) in [4.78, 5) is 24.3. The first-order chi connectivity index (χ1) is 9.08. The normalized spacial score (nSPS) is 45.5. The van der Waals surface area contributed by atoms with E-state index >= 15 is 0 Å². The lowest BCUT2D eigenvalue weighted by atomic mass is 9.76. The van der Waals surface area contributed by atoms with Gasteiger partial charge in [0, 0.05) is 17.3 Å². The van der Waals surface area contributed by atoms with E-state index in [-0.39, 0.29) is 25.0 Å². The number of carbonyl (C=O) groups excluding carboxylic acids is 2. The molecule has 1 aliphatic heterocycles. The molecule has 104 valence electrons. The molecule has 0 amide bonds. The number of hydrogen-bond donors (Lipinski definition) is 1. The fourth-order valence-corrected chi connectivity index (χ4v) is 4.08. The van der Waals surface area contributed by atoms with Crippen LogP contribution < -0.4 is 0 Å². The van der Waals surface area contributed by atoms with Gasteiger partial charge in [0.05, 0.1) is 27.4 Å². The van der Waals surface area contributed by atoms with Crippen molar-refractivity contribution in [2.45, 2.75) is 5.60 Å². The minimum atomic E-state index is -1.34. The Morgan fingerprint density at radius 1 is 1.37 bits per heavy atom. The van der Waals surface area contributed by atoms with Gasteiger partial charge >= 0.3 is 11.9 Å². The zero-order chi connectivity index (χ0) is 13.8. The van der Waals surface area contributed by atoms with Crippen LogP contribution in [0.3, 0.4) is 0 Å². The number of hydrogen-bond acceptors (Lipinski definition) is 6. The summed E-state index contributed by atoms with van der Waals surface area (Å²) in [5.74, 6) is -2.41. The average molecular weight is 268 g/mol. The lowest BCUT2D eigenvalue weighted by Gasteiger charge is -2.37. The molecule has 0 unspecified atom stereocenters. The molecule has 1 saturated heterocycles. The number of aliphatic hydroxyl groups is 1. The van der Waals surface area contributed by atoms with E-state index in [1.165, 1.54) is 14.2 Å². The van der Waals surface area contributed by atoms with Crippen LogP contribution in [0, 0.1) is 23.2 Å². The zero-order valence-electron chi connectivity index (χ0n) is 10.8. The molecular weight excluding hydrogens is 252 g/mol. The lowest BCUT2D eigenvalue weighted by molar-refractivity contribution is -0.189. The molecule has 19 heavy (non-hydrogen) atoms. The summed E-state index contributed by atoms with van der Waals surface area (Å²) >= 11 is 0. The highest BCUT2D eigenvalue weighted by atomic mass is 16.6. The third-order valence-electron chi connectivity index (χ3n) is 4.91. The van der Waals surface area contributed by atoms with Gasteiger partial charge in [-0.25, -0.2) is 4.79 Å². The van der Waals surface area contributed by atoms with Gasteiger partial charge in [0.25, 0.3) is 0 Å². The number of esters is 2. The van der Waals surface area contributed by atoms with Gasteiger partial charge in [-0.2, -0.15) is 0 Å². The standard InChI is InChI=1S/C13H16O6/c1-17-10(15)9-7-3-4-8-12(7,5-14)6-19-13(8,9)11(16)18-2/h3-4,7-9,14H,5-6H2,1-2H3/t7-,8-,9+,12+,13+/m0/s1. The Bertz CT molecular complexity index is 472. The second kappa shape index (κ2) is 3.80. The molecule has 2 fully saturated rings. The third-order valence-corrected chi connectivity index (χ3v) is 4.91. The second-order valence-corrected chi connectivity index (χ2v) is 5.35. The van der Waals surface area contributed by atoms with Gasteiger partial charge in [-0.1, -0.05) is 12.2 Å². The Morgan fingerprint density at radius 3 is 2.68 bits per heavy atom. The highest BCUT2D eigenvalue weighted by Gasteiger charge is 2.79. The van der Waals surface area contributed by atoms with Crippen LogP contribution in [0.15, 0.2) is 12.2 Å². The van der Waals surface area contributed by atoms with E-state index in [9.17, 15) is 14.7 Å². The van der Waals surface area contributed by atoms with E-state index in [1.807, 2.05) is 12.2 Å². The summed E-state index contributed by atoms with van der Waals surface area (Å²) in [5.41, 5.74) is -1.95. The molecule has 5 atom stereocenters. The third kappa shape index (κ3) is 1.14. The first-order valence-electron chi connectivity index (χ1n) is 6.18. The van der Waals surface area contributed by atoms with E-state index in [0.717, 1.165) is 0 Å². The van der Waals surface area contributed by atoms with Gasteiger partial charge < -0.3 is 19.3 Å². The number of allylic oxidation sites excluding steroid dienone is 1. The van der Waals surface area contributed by atoms with Crippen LogP contribution in [0.2, 0.25) is 0 Å². The molecule has 1 N–H and O–H groups in total. The molecule has 1 heterocycles. The van der Waals surface area contributed by atoms with Crippen LogP contribution in [0.1, 0.15) is 0 Å². The fraction of sp³-hybridized carbons (Fsp3) is 0.692. The van der Waals surface area contributed by atoms with Crippen molar-refractivity contribution in [1.29, 1.82) is 0 Å². The predicted octanol–water partition coefficient (Wildman–Crippen LogP) is -0.488. The maximum Gasteiger partial charge on any atom is 0.339 e. The maximum atomic E-state index is 12.2. The van der Waals surface area contributed by atoms with Crippen LogP contribution in [-0.4, -0.2) is 50.1 Å². The molecule has 6 nitrogen and oxygen atoms in total. The lowest BCUT2D eigenvalue weighted by Crippen LogP contribution is -2.54. The van der Waals surface area contributed by atoms with E-state index in [4.69, 9.17) is 14.2 Å². The number of methoxy groups -OCH3 is 2. The molecular formula is C13H16O6. The molecule has 0 radical (unpaired) electrons. The maximum absolute atomic E-state index is 12.2. The Kier molecular flexibility index (Phi) is 2.53. The Labute approximate surface area is 110 Å². The van der Waals surface area contributed by atoms with Crippen LogP contribution in [0.4, 0.5) is 0 Å². The minimum Gasteiger partial charge on any atom is -0.469 e. The molecule has 0 aromatic rings. The second-order valence-electron chi connectivity index (χ2n) is 5.35.